The van der Waals surface area contributed by atoms with Crippen LogP contribution in [0.1, 0.15) is 61.4 Å². The molecule has 0 atom stereocenters. The highest BCUT2D eigenvalue weighted by Gasteiger charge is 2.36. The zero-order valence-electron chi connectivity index (χ0n) is 20.2. The second-order valence-corrected chi connectivity index (χ2v) is 10.4. The van der Waals surface area contributed by atoms with Crippen LogP contribution in [0.4, 0.5) is 0 Å². The maximum absolute atomic E-state index is 6.61. The molecule has 0 spiro atoms. The van der Waals surface area contributed by atoms with Gasteiger partial charge in [0.15, 0.2) is 0 Å². The molecule has 2 heteroatoms. The molecule has 2 nitrogen and oxygen atoms in total. The average molecular weight is 432 g/mol. The van der Waals surface area contributed by atoms with E-state index in [0.29, 0.717) is 5.92 Å². The summed E-state index contributed by atoms with van der Waals surface area (Å²) >= 11 is 0. The summed E-state index contributed by atoms with van der Waals surface area (Å²) in [6, 6.07) is 20.0. The van der Waals surface area contributed by atoms with Crippen LogP contribution in [0.5, 0.6) is 0 Å². The number of fused-ring (bicyclic) bond motifs is 6. The Morgan fingerprint density at radius 1 is 0.818 bits per heavy atom. The fraction of sp³-hybridized carbons (Fsp3) is 0.258. The van der Waals surface area contributed by atoms with Gasteiger partial charge in [-0.25, -0.2) is 0 Å². The highest BCUT2D eigenvalue weighted by atomic mass is 16.3. The van der Waals surface area contributed by atoms with Gasteiger partial charge < -0.3 is 4.42 Å². The van der Waals surface area contributed by atoms with Crippen molar-refractivity contribution in [3.05, 3.63) is 88.6 Å². The molecule has 5 aromatic rings. The minimum atomic E-state index is -0.0385. The predicted molar refractivity (Wildman–Crippen MR) is 138 cm³/mol. The van der Waals surface area contributed by atoms with E-state index in [1.54, 1.807) is 0 Å². The van der Waals surface area contributed by atoms with E-state index < -0.39 is 0 Å². The Bertz CT molecular complexity index is 1580. The summed E-state index contributed by atoms with van der Waals surface area (Å²) in [4.78, 5) is 4.87. The SMILES string of the molecule is Cc1cc(-c2c(C)ccc3c2oc2cc4c(cc23)-c2ccccc2C4(C)C)ncc1C(C)C. The van der Waals surface area contributed by atoms with Crippen LogP contribution in [0.2, 0.25) is 0 Å². The molecule has 0 amide bonds. The van der Waals surface area contributed by atoms with Crippen molar-refractivity contribution in [2.24, 2.45) is 0 Å². The maximum Gasteiger partial charge on any atom is 0.145 e. The first-order valence-electron chi connectivity index (χ1n) is 11.8. The molecular weight excluding hydrogens is 402 g/mol. The summed E-state index contributed by atoms with van der Waals surface area (Å²) in [5, 5.41) is 2.33. The van der Waals surface area contributed by atoms with Crippen molar-refractivity contribution in [1.29, 1.82) is 0 Å². The molecule has 6 rings (SSSR count). The van der Waals surface area contributed by atoms with Gasteiger partial charge in [0, 0.05) is 27.9 Å². The number of aromatic nitrogens is 1. The fourth-order valence-electron chi connectivity index (χ4n) is 5.76. The van der Waals surface area contributed by atoms with E-state index >= 15 is 0 Å². The number of furan rings is 1. The molecule has 2 aromatic heterocycles. The molecule has 1 aliphatic rings. The third-order valence-electron chi connectivity index (χ3n) is 7.58. The molecule has 33 heavy (non-hydrogen) atoms. The largest absolute Gasteiger partial charge is 0.455 e. The average Bonchev–Trinajstić information content (AvgIpc) is 3.25. The van der Waals surface area contributed by atoms with E-state index in [4.69, 9.17) is 9.40 Å². The van der Waals surface area contributed by atoms with Gasteiger partial charge in [-0.15, -0.1) is 0 Å². The number of nitrogens with zero attached hydrogens (tertiary/aromatic N) is 1. The second-order valence-electron chi connectivity index (χ2n) is 10.4. The number of benzene rings is 3. The van der Waals surface area contributed by atoms with Gasteiger partial charge in [-0.2, -0.15) is 0 Å². The maximum atomic E-state index is 6.61. The smallest absolute Gasteiger partial charge is 0.145 e. The van der Waals surface area contributed by atoms with E-state index in [0.717, 1.165) is 27.8 Å². The number of aryl methyl sites for hydroxylation is 2. The van der Waals surface area contributed by atoms with Gasteiger partial charge in [-0.05, 0) is 76.9 Å². The Hall–Kier alpha value is -3.39. The highest BCUT2D eigenvalue weighted by Crippen LogP contribution is 2.51. The van der Waals surface area contributed by atoms with Gasteiger partial charge in [0.25, 0.3) is 0 Å². The van der Waals surface area contributed by atoms with E-state index in [2.05, 4.69) is 96.1 Å². The van der Waals surface area contributed by atoms with Crippen LogP contribution in [0.25, 0.3) is 44.3 Å². The minimum absolute atomic E-state index is 0.0385. The molecule has 0 bridgehead atoms. The molecule has 0 radical (unpaired) electrons. The molecule has 0 aliphatic heterocycles. The zero-order chi connectivity index (χ0) is 23.1. The first-order valence-corrected chi connectivity index (χ1v) is 11.8. The van der Waals surface area contributed by atoms with E-state index in [-0.39, 0.29) is 5.41 Å². The van der Waals surface area contributed by atoms with Crippen LogP contribution in [-0.4, -0.2) is 4.98 Å². The van der Waals surface area contributed by atoms with Crippen molar-refractivity contribution in [2.45, 2.75) is 52.9 Å². The number of pyridine rings is 1. The van der Waals surface area contributed by atoms with E-state index in [9.17, 15) is 0 Å². The Morgan fingerprint density at radius 2 is 1.61 bits per heavy atom. The molecule has 3 aromatic carbocycles. The molecule has 164 valence electrons. The van der Waals surface area contributed by atoms with Crippen LogP contribution in [-0.2, 0) is 5.41 Å². The van der Waals surface area contributed by atoms with E-state index in [1.807, 2.05) is 6.20 Å². The molecule has 0 unspecified atom stereocenters. The number of rotatable bonds is 2. The third kappa shape index (κ3) is 2.76. The molecule has 0 saturated heterocycles. The summed E-state index contributed by atoms with van der Waals surface area (Å²) < 4.78 is 6.61. The van der Waals surface area contributed by atoms with Gasteiger partial charge in [0.2, 0.25) is 0 Å². The Kier molecular flexibility index (Phi) is 4.17. The standard InChI is InChI=1S/C31H29NO/c1-17(2)24-16-32-27(13-19(24)4)29-18(3)11-12-21-23-14-22-20-9-7-8-10-25(20)31(5,6)26(22)15-28(23)33-30(21)29/h7-17H,1-6H3. The van der Waals surface area contributed by atoms with Crippen LogP contribution in [0.15, 0.2) is 65.2 Å². The molecule has 2 heterocycles. The lowest BCUT2D eigenvalue weighted by molar-refractivity contribution is 0.647. The van der Waals surface area contributed by atoms with Gasteiger partial charge >= 0.3 is 0 Å². The molecular formula is C31H29NO. The summed E-state index contributed by atoms with van der Waals surface area (Å²) in [6.07, 6.45) is 2.03. The first kappa shape index (κ1) is 20.2. The Balaban J connectivity index is 1.63. The quantitative estimate of drug-likeness (QED) is 0.279. The lowest BCUT2D eigenvalue weighted by Crippen LogP contribution is -2.14. The minimum Gasteiger partial charge on any atom is -0.455 e. The summed E-state index contributed by atoms with van der Waals surface area (Å²) in [6.45, 7) is 13.4. The van der Waals surface area contributed by atoms with Crippen LogP contribution in [0.3, 0.4) is 0 Å². The van der Waals surface area contributed by atoms with Gasteiger partial charge in [-0.1, -0.05) is 64.1 Å². The van der Waals surface area contributed by atoms with Gasteiger partial charge in [0.1, 0.15) is 11.2 Å². The lowest BCUT2D eigenvalue weighted by atomic mass is 9.82. The van der Waals surface area contributed by atoms with Crippen molar-refractivity contribution < 1.29 is 4.42 Å². The van der Waals surface area contributed by atoms with Crippen molar-refractivity contribution in [3.63, 3.8) is 0 Å². The van der Waals surface area contributed by atoms with Crippen LogP contribution >= 0.6 is 0 Å². The second kappa shape index (κ2) is 6.81. The fourth-order valence-corrected chi connectivity index (χ4v) is 5.76. The zero-order valence-corrected chi connectivity index (χ0v) is 20.2. The van der Waals surface area contributed by atoms with Crippen LogP contribution < -0.4 is 0 Å². The summed E-state index contributed by atoms with van der Waals surface area (Å²) in [5.74, 6) is 0.461. The van der Waals surface area contributed by atoms with Crippen molar-refractivity contribution in [1.82, 2.24) is 4.98 Å². The van der Waals surface area contributed by atoms with Crippen molar-refractivity contribution in [3.8, 4) is 22.4 Å². The molecule has 0 N–H and O–H groups in total. The van der Waals surface area contributed by atoms with Gasteiger partial charge in [0.05, 0.1) is 5.69 Å². The topological polar surface area (TPSA) is 26.0 Å². The van der Waals surface area contributed by atoms with Crippen LogP contribution in [0, 0.1) is 13.8 Å². The molecule has 0 saturated carbocycles. The summed E-state index contributed by atoms with van der Waals surface area (Å²) in [7, 11) is 0. The number of hydrogen-bond donors (Lipinski definition) is 0. The Labute approximate surface area is 195 Å². The molecule has 1 aliphatic carbocycles. The first-order chi connectivity index (χ1) is 15.8. The number of hydrogen-bond acceptors (Lipinski definition) is 2. The monoisotopic (exact) mass is 431 g/mol. The van der Waals surface area contributed by atoms with Crippen molar-refractivity contribution in [2.75, 3.05) is 0 Å². The Morgan fingerprint density at radius 3 is 2.36 bits per heavy atom. The summed E-state index contributed by atoms with van der Waals surface area (Å²) in [5.41, 5.74) is 13.1. The third-order valence-corrected chi connectivity index (χ3v) is 7.58. The van der Waals surface area contributed by atoms with Crippen molar-refractivity contribution >= 4 is 21.9 Å². The normalized spacial score (nSPS) is 14.3. The van der Waals surface area contributed by atoms with E-state index in [1.165, 1.54) is 44.3 Å². The predicted octanol–water partition coefficient (Wildman–Crippen LogP) is 8.69. The highest BCUT2D eigenvalue weighted by molar-refractivity contribution is 6.11. The lowest BCUT2D eigenvalue weighted by Gasteiger charge is -2.21. The van der Waals surface area contributed by atoms with Gasteiger partial charge in [-0.3, -0.25) is 4.98 Å². The molecule has 0 fully saturated rings.